The topological polar surface area (TPSA) is 26.3 Å². The predicted molar refractivity (Wildman–Crippen MR) is 97.0 cm³/mol. The van der Waals surface area contributed by atoms with E-state index in [-0.39, 0.29) is 11.2 Å². The summed E-state index contributed by atoms with van der Waals surface area (Å²) >= 11 is 3.45. The molecule has 0 spiro atoms. The number of esters is 1. The Labute approximate surface area is 139 Å². The van der Waals surface area contributed by atoms with Gasteiger partial charge < -0.3 is 4.74 Å². The minimum absolute atomic E-state index is 0.121. The molecule has 0 fully saturated rings. The van der Waals surface area contributed by atoms with Crippen molar-refractivity contribution >= 4 is 29.5 Å². The molecule has 0 heterocycles. The summed E-state index contributed by atoms with van der Waals surface area (Å²) in [5.41, 5.74) is 0. The van der Waals surface area contributed by atoms with E-state index in [9.17, 15) is 4.79 Å². The molecule has 1 atom stereocenters. The number of ether oxygens (including phenoxy) is 1. The van der Waals surface area contributed by atoms with Crippen LogP contribution in [0.25, 0.3) is 0 Å². The molecule has 0 saturated carbocycles. The van der Waals surface area contributed by atoms with Gasteiger partial charge in [-0.15, -0.1) is 23.5 Å². The summed E-state index contributed by atoms with van der Waals surface area (Å²) in [6, 6.07) is 0. The molecule has 0 aliphatic carbocycles. The number of hydrogen-bond donors (Lipinski definition) is 0. The molecule has 0 bridgehead atoms. The van der Waals surface area contributed by atoms with Gasteiger partial charge in [-0.3, -0.25) is 4.79 Å². The maximum atomic E-state index is 11.2. The number of carbonyl (C=O) groups is 1. The van der Waals surface area contributed by atoms with Crippen molar-refractivity contribution in [2.45, 2.75) is 64.0 Å². The van der Waals surface area contributed by atoms with Crippen LogP contribution < -0.4 is 0 Å². The summed E-state index contributed by atoms with van der Waals surface area (Å²) in [5.74, 6) is 8.91. The lowest BCUT2D eigenvalue weighted by Gasteiger charge is -2.05. The summed E-state index contributed by atoms with van der Waals surface area (Å²) in [6.45, 7) is 4.11. The summed E-state index contributed by atoms with van der Waals surface area (Å²) in [5, 5.41) is -0.121. The molecule has 0 aromatic heterocycles. The van der Waals surface area contributed by atoms with Crippen LogP contribution in [0.1, 0.15) is 58.8 Å². The molecule has 0 rings (SSSR count). The highest BCUT2D eigenvalue weighted by atomic mass is 32.2. The standard InChI is InChI=1S/C17H30O2S2/c1-4-5-6-7-8-9-10-13-20-14-11-12-15-21-16(2)17(18)19-3/h16H,4-10,13-15H2,1-3H3. The number of unbranched alkanes of at least 4 members (excludes halogenated alkanes) is 6. The van der Waals surface area contributed by atoms with Gasteiger partial charge in [0.2, 0.25) is 0 Å². The van der Waals surface area contributed by atoms with Crippen molar-refractivity contribution in [2.24, 2.45) is 0 Å². The van der Waals surface area contributed by atoms with Crippen LogP contribution in [0.5, 0.6) is 0 Å². The zero-order chi connectivity index (χ0) is 15.8. The summed E-state index contributed by atoms with van der Waals surface area (Å²) < 4.78 is 4.66. The molecular formula is C17H30O2S2. The average Bonchev–Trinajstić information content (AvgIpc) is 2.50. The van der Waals surface area contributed by atoms with Crippen molar-refractivity contribution in [3.63, 3.8) is 0 Å². The molecule has 0 aromatic rings. The predicted octanol–water partition coefficient (Wildman–Crippen LogP) is 4.77. The Morgan fingerprint density at radius 1 is 1.05 bits per heavy atom. The molecule has 4 heteroatoms. The molecule has 21 heavy (non-hydrogen) atoms. The van der Waals surface area contributed by atoms with Crippen LogP contribution in [-0.2, 0) is 9.53 Å². The Hall–Kier alpha value is -0.270. The van der Waals surface area contributed by atoms with E-state index < -0.39 is 0 Å². The third kappa shape index (κ3) is 14.4. The fourth-order valence-corrected chi connectivity index (χ4v) is 3.21. The van der Waals surface area contributed by atoms with Gasteiger partial charge in [0.1, 0.15) is 5.25 Å². The maximum absolute atomic E-state index is 11.2. The number of hydrogen-bond acceptors (Lipinski definition) is 4. The second-order valence-electron chi connectivity index (χ2n) is 5.00. The first-order valence-corrected chi connectivity index (χ1v) is 10.2. The van der Waals surface area contributed by atoms with E-state index in [4.69, 9.17) is 0 Å². The van der Waals surface area contributed by atoms with Crippen LogP contribution in [0.2, 0.25) is 0 Å². The van der Waals surface area contributed by atoms with Gasteiger partial charge in [-0.25, -0.2) is 0 Å². The smallest absolute Gasteiger partial charge is 0.318 e. The zero-order valence-electron chi connectivity index (χ0n) is 13.8. The molecule has 0 aliphatic heterocycles. The fraction of sp³-hybridized carbons (Fsp3) is 0.824. The van der Waals surface area contributed by atoms with Crippen LogP contribution in [0, 0.1) is 11.8 Å². The molecule has 0 amide bonds. The van der Waals surface area contributed by atoms with Crippen LogP contribution in [0.4, 0.5) is 0 Å². The molecule has 2 nitrogen and oxygen atoms in total. The Morgan fingerprint density at radius 2 is 1.67 bits per heavy atom. The Kier molecular flexibility index (Phi) is 15.9. The van der Waals surface area contributed by atoms with Crippen LogP contribution >= 0.6 is 23.5 Å². The normalized spacial score (nSPS) is 11.6. The minimum atomic E-state index is -0.171. The van der Waals surface area contributed by atoms with Crippen molar-refractivity contribution < 1.29 is 9.53 Å². The van der Waals surface area contributed by atoms with Crippen molar-refractivity contribution in [1.82, 2.24) is 0 Å². The van der Waals surface area contributed by atoms with Gasteiger partial charge in [0.05, 0.1) is 18.6 Å². The highest BCUT2D eigenvalue weighted by molar-refractivity contribution is 8.00. The van der Waals surface area contributed by atoms with Gasteiger partial charge in [0.25, 0.3) is 0 Å². The SMILES string of the molecule is CCCCCCCCCSCC#CCSC(C)C(=O)OC. The monoisotopic (exact) mass is 330 g/mol. The molecule has 0 aromatic carbocycles. The second kappa shape index (κ2) is 16.1. The van der Waals surface area contributed by atoms with Crippen molar-refractivity contribution in [1.29, 1.82) is 0 Å². The molecule has 1 unspecified atom stereocenters. The Bertz CT molecular complexity index is 308. The first-order chi connectivity index (χ1) is 10.2. The Balaban J connectivity index is 3.28. The highest BCUT2D eigenvalue weighted by Crippen LogP contribution is 2.11. The van der Waals surface area contributed by atoms with Crippen LogP contribution in [-0.4, -0.2) is 35.6 Å². The summed E-state index contributed by atoms with van der Waals surface area (Å²) in [4.78, 5) is 11.2. The van der Waals surface area contributed by atoms with E-state index in [1.807, 2.05) is 18.7 Å². The molecule has 0 radical (unpaired) electrons. The highest BCUT2D eigenvalue weighted by Gasteiger charge is 2.11. The van der Waals surface area contributed by atoms with E-state index in [1.54, 1.807) is 0 Å². The number of carbonyl (C=O) groups excluding carboxylic acids is 1. The van der Waals surface area contributed by atoms with E-state index in [0.29, 0.717) is 5.75 Å². The molecule has 0 aliphatic rings. The lowest BCUT2D eigenvalue weighted by atomic mass is 10.1. The number of rotatable bonds is 12. The quantitative estimate of drug-likeness (QED) is 0.292. The summed E-state index contributed by atoms with van der Waals surface area (Å²) in [7, 11) is 1.42. The van der Waals surface area contributed by atoms with Gasteiger partial charge in [0, 0.05) is 0 Å². The van der Waals surface area contributed by atoms with Crippen LogP contribution in [0.15, 0.2) is 0 Å². The lowest BCUT2D eigenvalue weighted by Crippen LogP contribution is -2.14. The average molecular weight is 331 g/mol. The third-order valence-corrected chi connectivity index (χ3v) is 5.06. The Morgan fingerprint density at radius 3 is 2.33 bits per heavy atom. The first kappa shape index (κ1) is 20.7. The van der Waals surface area contributed by atoms with Gasteiger partial charge in [-0.2, -0.15) is 0 Å². The van der Waals surface area contributed by atoms with Gasteiger partial charge in [-0.1, -0.05) is 57.3 Å². The van der Waals surface area contributed by atoms with E-state index >= 15 is 0 Å². The van der Waals surface area contributed by atoms with Crippen molar-refractivity contribution in [2.75, 3.05) is 24.4 Å². The lowest BCUT2D eigenvalue weighted by molar-refractivity contribution is -0.139. The maximum Gasteiger partial charge on any atom is 0.318 e. The van der Waals surface area contributed by atoms with Gasteiger partial charge >= 0.3 is 5.97 Å². The molecular weight excluding hydrogens is 300 g/mol. The third-order valence-electron chi connectivity index (χ3n) is 3.13. The molecule has 0 N–H and O–H groups in total. The van der Waals surface area contributed by atoms with Crippen molar-refractivity contribution in [3.05, 3.63) is 0 Å². The van der Waals surface area contributed by atoms with Crippen LogP contribution in [0.3, 0.4) is 0 Å². The van der Waals surface area contributed by atoms with E-state index in [1.165, 1.54) is 69.6 Å². The molecule has 122 valence electrons. The minimum Gasteiger partial charge on any atom is -0.468 e. The van der Waals surface area contributed by atoms with Gasteiger partial charge in [-0.05, 0) is 19.1 Å². The zero-order valence-corrected chi connectivity index (χ0v) is 15.4. The van der Waals surface area contributed by atoms with E-state index in [0.717, 1.165) is 5.75 Å². The van der Waals surface area contributed by atoms with Crippen molar-refractivity contribution in [3.8, 4) is 11.8 Å². The second-order valence-corrected chi connectivity index (χ2v) is 7.44. The number of thioether (sulfide) groups is 2. The summed E-state index contributed by atoms with van der Waals surface area (Å²) in [6.07, 6.45) is 9.56. The van der Waals surface area contributed by atoms with Gasteiger partial charge in [0.15, 0.2) is 0 Å². The van der Waals surface area contributed by atoms with E-state index in [2.05, 4.69) is 23.5 Å². The molecule has 0 saturated heterocycles. The largest absolute Gasteiger partial charge is 0.468 e. The first-order valence-electron chi connectivity index (χ1n) is 7.95. The fourth-order valence-electron chi connectivity index (χ4n) is 1.79. The number of methoxy groups -OCH3 is 1.